The van der Waals surface area contributed by atoms with E-state index in [9.17, 15) is 12.8 Å². The SMILES string of the molecule is COc1ccc2c(Nc3ccc(CS(N)(=O)=O)cc3)ccnc2c1F. The van der Waals surface area contributed by atoms with Gasteiger partial charge < -0.3 is 10.1 Å². The number of nitrogens with zero attached hydrogens (tertiary/aromatic N) is 1. The van der Waals surface area contributed by atoms with Gasteiger partial charge in [-0.15, -0.1) is 0 Å². The zero-order chi connectivity index (χ0) is 18.0. The van der Waals surface area contributed by atoms with Crippen LogP contribution in [0.25, 0.3) is 10.9 Å². The van der Waals surface area contributed by atoms with E-state index >= 15 is 0 Å². The minimum absolute atomic E-state index is 0.129. The van der Waals surface area contributed by atoms with Gasteiger partial charge in [-0.05, 0) is 35.9 Å². The van der Waals surface area contributed by atoms with Crippen LogP contribution in [0.5, 0.6) is 5.75 Å². The van der Waals surface area contributed by atoms with Gasteiger partial charge in [-0.25, -0.2) is 17.9 Å². The number of anilines is 2. The fourth-order valence-electron chi connectivity index (χ4n) is 2.50. The molecule has 1 aromatic heterocycles. The van der Waals surface area contributed by atoms with Gasteiger partial charge in [-0.1, -0.05) is 12.1 Å². The second-order valence-corrected chi connectivity index (χ2v) is 7.08. The molecule has 0 atom stereocenters. The summed E-state index contributed by atoms with van der Waals surface area (Å²) in [5.74, 6) is -0.618. The lowest BCUT2D eigenvalue weighted by molar-refractivity contribution is 0.388. The number of nitrogens with one attached hydrogen (secondary N) is 1. The van der Waals surface area contributed by atoms with Gasteiger partial charge in [0, 0.05) is 23.0 Å². The summed E-state index contributed by atoms with van der Waals surface area (Å²) in [6.45, 7) is 0. The predicted octanol–water partition coefficient (Wildman–Crippen LogP) is 2.91. The van der Waals surface area contributed by atoms with Crippen molar-refractivity contribution in [2.75, 3.05) is 12.4 Å². The average Bonchev–Trinajstić information content (AvgIpc) is 2.56. The lowest BCUT2D eigenvalue weighted by Gasteiger charge is -2.11. The van der Waals surface area contributed by atoms with E-state index in [0.717, 1.165) is 5.69 Å². The van der Waals surface area contributed by atoms with Crippen molar-refractivity contribution in [3.05, 3.63) is 60.0 Å². The smallest absolute Gasteiger partial charge is 0.213 e. The maximum absolute atomic E-state index is 14.3. The monoisotopic (exact) mass is 361 g/mol. The Labute approximate surface area is 144 Å². The van der Waals surface area contributed by atoms with E-state index in [1.54, 1.807) is 42.5 Å². The second-order valence-electron chi connectivity index (χ2n) is 5.47. The maximum Gasteiger partial charge on any atom is 0.213 e. The molecule has 3 N–H and O–H groups in total. The summed E-state index contributed by atoms with van der Waals surface area (Å²) in [4.78, 5) is 4.07. The number of aromatic nitrogens is 1. The van der Waals surface area contributed by atoms with Gasteiger partial charge in [-0.3, -0.25) is 4.98 Å². The molecule has 0 radical (unpaired) electrons. The van der Waals surface area contributed by atoms with E-state index in [1.807, 2.05) is 0 Å². The molecule has 3 aromatic rings. The highest BCUT2D eigenvalue weighted by Gasteiger charge is 2.12. The van der Waals surface area contributed by atoms with E-state index in [0.29, 0.717) is 16.6 Å². The number of methoxy groups -OCH3 is 1. The number of primary sulfonamides is 1. The van der Waals surface area contributed by atoms with Crippen LogP contribution in [0.3, 0.4) is 0 Å². The topological polar surface area (TPSA) is 94.3 Å². The molecule has 0 saturated carbocycles. The van der Waals surface area contributed by atoms with Gasteiger partial charge in [0.15, 0.2) is 11.6 Å². The first-order valence-electron chi connectivity index (χ1n) is 7.35. The highest BCUT2D eigenvalue weighted by Crippen LogP contribution is 2.30. The average molecular weight is 361 g/mol. The number of nitrogens with two attached hydrogens (primary N) is 1. The fourth-order valence-corrected chi connectivity index (χ4v) is 3.16. The molecular weight excluding hydrogens is 345 g/mol. The number of rotatable bonds is 5. The summed E-state index contributed by atoms with van der Waals surface area (Å²) < 4.78 is 41.5. The van der Waals surface area contributed by atoms with Gasteiger partial charge in [0.2, 0.25) is 10.0 Å². The quantitative estimate of drug-likeness (QED) is 0.729. The fraction of sp³-hybridized carbons (Fsp3) is 0.118. The number of sulfonamides is 1. The van der Waals surface area contributed by atoms with Crippen molar-refractivity contribution < 1.29 is 17.5 Å². The first-order chi connectivity index (χ1) is 11.9. The third kappa shape index (κ3) is 3.86. The van der Waals surface area contributed by atoms with Crippen LogP contribution < -0.4 is 15.2 Å². The number of halogens is 1. The first kappa shape index (κ1) is 17.1. The van der Waals surface area contributed by atoms with Gasteiger partial charge in [0.1, 0.15) is 5.52 Å². The van der Waals surface area contributed by atoms with Gasteiger partial charge in [0.05, 0.1) is 12.9 Å². The second kappa shape index (κ2) is 6.66. The molecule has 0 unspecified atom stereocenters. The highest BCUT2D eigenvalue weighted by molar-refractivity contribution is 7.88. The Morgan fingerprint density at radius 3 is 2.52 bits per heavy atom. The summed E-state index contributed by atoms with van der Waals surface area (Å²) in [5.41, 5.74) is 2.19. The zero-order valence-corrected chi connectivity index (χ0v) is 14.2. The molecule has 0 bridgehead atoms. The van der Waals surface area contributed by atoms with Gasteiger partial charge in [-0.2, -0.15) is 0 Å². The Kier molecular flexibility index (Phi) is 4.56. The van der Waals surface area contributed by atoms with Crippen LogP contribution in [-0.4, -0.2) is 20.5 Å². The molecule has 3 rings (SSSR count). The molecule has 8 heteroatoms. The van der Waals surface area contributed by atoms with Crippen LogP contribution in [0.2, 0.25) is 0 Å². The van der Waals surface area contributed by atoms with Gasteiger partial charge >= 0.3 is 0 Å². The molecule has 0 saturated heterocycles. The van der Waals surface area contributed by atoms with Crippen molar-refractivity contribution >= 4 is 32.3 Å². The highest BCUT2D eigenvalue weighted by atomic mass is 32.2. The molecule has 1 heterocycles. The lowest BCUT2D eigenvalue weighted by Crippen LogP contribution is -2.14. The molecule has 0 fully saturated rings. The normalized spacial score (nSPS) is 11.5. The van der Waals surface area contributed by atoms with E-state index in [4.69, 9.17) is 9.88 Å². The summed E-state index contributed by atoms with van der Waals surface area (Å²) in [5, 5.41) is 8.81. The zero-order valence-electron chi connectivity index (χ0n) is 13.4. The van der Waals surface area contributed by atoms with Crippen molar-refractivity contribution in [2.45, 2.75) is 5.75 Å². The molecule has 2 aromatic carbocycles. The number of benzene rings is 2. The Morgan fingerprint density at radius 1 is 1.16 bits per heavy atom. The van der Waals surface area contributed by atoms with Crippen LogP contribution in [0.4, 0.5) is 15.8 Å². The van der Waals surface area contributed by atoms with Crippen LogP contribution in [-0.2, 0) is 15.8 Å². The largest absolute Gasteiger partial charge is 0.494 e. The minimum Gasteiger partial charge on any atom is -0.494 e. The third-order valence-corrected chi connectivity index (χ3v) is 4.37. The molecule has 25 heavy (non-hydrogen) atoms. The van der Waals surface area contributed by atoms with Crippen molar-refractivity contribution in [1.82, 2.24) is 4.98 Å². The number of ether oxygens (including phenoxy) is 1. The molecule has 130 valence electrons. The molecule has 0 aliphatic heterocycles. The Morgan fingerprint density at radius 2 is 1.88 bits per heavy atom. The van der Waals surface area contributed by atoms with Crippen molar-refractivity contribution in [3.63, 3.8) is 0 Å². The van der Waals surface area contributed by atoms with E-state index in [2.05, 4.69) is 10.3 Å². The summed E-state index contributed by atoms with van der Waals surface area (Å²) in [6, 6.07) is 11.8. The Hall–Kier alpha value is -2.71. The first-order valence-corrected chi connectivity index (χ1v) is 9.06. The Balaban J connectivity index is 1.92. The molecule has 6 nitrogen and oxygen atoms in total. The number of pyridine rings is 1. The molecule has 0 spiro atoms. The predicted molar refractivity (Wildman–Crippen MR) is 94.8 cm³/mol. The van der Waals surface area contributed by atoms with Crippen molar-refractivity contribution in [3.8, 4) is 5.75 Å². The minimum atomic E-state index is -3.57. The summed E-state index contributed by atoms with van der Waals surface area (Å²) >= 11 is 0. The summed E-state index contributed by atoms with van der Waals surface area (Å²) in [7, 11) is -2.17. The lowest BCUT2D eigenvalue weighted by atomic mass is 10.1. The molecule has 0 amide bonds. The third-order valence-electron chi connectivity index (χ3n) is 3.64. The Bertz CT molecular complexity index is 1020. The van der Waals surface area contributed by atoms with Crippen LogP contribution in [0, 0.1) is 5.82 Å². The number of hydrogen-bond donors (Lipinski definition) is 2. The van der Waals surface area contributed by atoms with Gasteiger partial charge in [0.25, 0.3) is 0 Å². The van der Waals surface area contributed by atoms with Crippen molar-refractivity contribution in [1.29, 1.82) is 0 Å². The van der Waals surface area contributed by atoms with Crippen LogP contribution in [0.1, 0.15) is 5.56 Å². The molecule has 0 aliphatic rings. The standard InChI is InChI=1S/C17H16FN3O3S/c1-24-15-7-6-13-14(8-9-20-17(13)16(15)18)21-12-4-2-11(3-5-12)10-25(19,22)23/h2-9H,10H2,1H3,(H,20,21)(H2,19,22,23). The number of fused-ring (bicyclic) bond motifs is 1. The molecule has 0 aliphatic carbocycles. The summed E-state index contributed by atoms with van der Waals surface area (Å²) in [6.07, 6.45) is 1.50. The number of hydrogen-bond acceptors (Lipinski definition) is 5. The van der Waals surface area contributed by atoms with Crippen LogP contribution in [0.15, 0.2) is 48.7 Å². The van der Waals surface area contributed by atoms with E-state index < -0.39 is 15.8 Å². The van der Waals surface area contributed by atoms with Crippen LogP contribution >= 0.6 is 0 Å². The maximum atomic E-state index is 14.3. The van der Waals surface area contributed by atoms with Crippen molar-refractivity contribution in [2.24, 2.45) is 5.14 Å². The van der Waals surface area contributed by atoms with E-state index in [-0.39, 0.29) is 17.0 Å². The van der Waals surface area contributed by atoms with E-state index in [1.165, 1.54) is 13.3 Å². The molecular formula is C17H16FN3O3S.